The van der Waals surface area contributed by atoms with Crippen molar-refractivity contribution in [3.63, 3.8) is 0 Å². The highest BCUT2D eigenvalue weighted by atomic mass is 16.4. The second kappa shape index (κ2) is 5.07. The van der Waals surface area contributed by atoms with E-state index in [2.05, 4.69) is 10.6 Å². The third-order valence-corrected chi connectivity index (χ3v) is 1.37. The summed E-state index contributed by atoms with van der Waals surface area (Å²) >= 11 is 0. The van der Waals surface area contributed by atoms with Crippen LogP contribution in [0.15, 0.2) is 5.29 Å². The summed E-state index contributed by atoms with van der Waals surface area (Å²) in [7, 11) is 0. The Bertz CT molecular complexity index is 218. The first-order chi connectivity index (χ1) is 5.99. The van der Waals surface area contributed by atoms with Crippen molar-refractivity contribution >= 4 is 11.9 Å². The van der Waals surface area contributed by atoms with Gasteiger partial charge in [-0.05, 0) is 13.8 Å². The topological polar surface area (TPSA) is 108 Å². The molecule has 0 spiro atoms. The van der Waals surface area contributed by atoms with Crippen molar-refractivity contribution in [2.45, 2.75) is 25.9 Å². The third-order valence-electron chi connectivity index (χ3n) is 1.37. The van der Waals surface area contributed by atoms with Crippen LogP contribution >= 0.6 is 0 Å². The molecule has 7 heteroatoms. The van der Waals surface area contributed by atoms with E-state index in [0.29, 0.717) is 0 Å². The summed E-state index contributed by atoms with van der Waals surface area (Å²) in [5.41, 5.74) is 1.95. The Balaban J connectivity index is 3.99. The zero-order valence-electron chi connectivity index (χ0n) is 7.27. The maximum Gasteiger partial charge on any atom is 0.325 e. The van der Waals surface area contributed by atoms with Crippen LogP contribution in [0.2, 0.25) is 0 Å². The minimum atomic E-state index is -1.14. The van der Waals surface area contributed by atoms with E-state index in [4.69, 9.17) is 5.11 Å². The Hall–Kier alpha value is -1.66. The summed E-state index contributed by atoms with van der Waals surface area (Å²) in [5, 5.41) is 12.9. The quantitative estimate of drug-likeness (QED) is 0.389. The number of hydrogen-bond acceptors (Lipinski definition) is 4. The molecule has 2 unspecified atom stereocenters. The number of carbonyl (C=O) groups is 2. The fourth-order valence-electron chi connectivity index (χ4n) is 0.538. The van der Waals surface area contributed by atoms with Crippen molar-refractivity contribution in [1.29, 1.82) is 0 Å². The molecule has 1 amide bonds. The summed E-state index contributed by atoms with van der Waals surface area (Å²) < 4.78 is 0. The lowest BCUT2D eigenvalue weighted by atomic mass is 10.3. The van der Waals surface area contributed by atoms with Crippen LogP contribution in [0.25, 0.3) is 0 Å². The van der Waals surface area contributed by atoms with E-state index in [1.165, 1.54) is 13.8 Å². The van der Waals surface area contributed by atoms with Gasteiger partial charge in [0.05, 0.1) is 5.29 Å². The summed E-state index contributed by atoms with van der Waals surface area (Å²) in [5.74, 6) is -1.73. The summed E-state index contributed by atoms with van der Waals surface area (Å²) in [6, 6.07) is -1.82. The van der Waals surface area contributed by atoms with Crippen LogP contribution < -0.4 is 10.7 Å². The van der Waals surface area contributed by atoms with Crippen LogP contribution in [0.4, 0.5) is 0 Å². The molecule has 0 aromatic rings. The number of carboxylic acid groups (broad SMARTS) is 1. The predicted octanol–water partition coefficient (Wildman–Crippen LogP) is -0.765. The fraction of sp³-hybridized carbons (Fsp3) is 0.667. The zero-order valence-corrected chi connectivity index (χ0v) is 7.27. The van der Waals surface area contributed by atoms with E-state index in [-0.39, 0.29) is 0 Å². The monoisotopic (exact) mass is 189 g/mol. The molecule has 0 bridgehead atoms. The van der Waals surface area contributed by atoms with Gasteiger partial charge in [0.1, 0.15) is 12.1 Å². The molecule has 0 aromatic heterocycles. The van der Waals surface area contributed by atoms with Crippen molar-refractivity contribution in [2.24, 2.45) is 5.29 Å². The number of nitrogens with zero attached hydrogens (tertiary/aromatic N) is 1. The van der Waals surface area contributed by atoms with E-state index in [1.807, 2.05) is 5.43 Å². The molecular weight excluding hydrogens is 178 g/mol. The molecule has 0 aliphatic heterocycles. The number of rotatable bonds is 5. The van der Waals surface area contributed by atoms with Gasteiger partial charge < -0.3 is 10.4 Å². The van der Waals surface area contributed by atoms with E-state index in [0.717, 1.165) is 0 Å². The lowest BCUT2D eigenvalue weighted by Gasteiger charge is -2.12. The maximum atomic E-state index is 11.0. The number of nitroso groups, excluding NO2 is 1. The van der Waals surface area contributed by atoms with Crippen LogP contribution in [0.1, 0.15) is 13.8 Å². The molecule has 0 rings (SSSR count). The number of nitrogens with one attached hydrogen (secondary N) is 2. The number of carboxylic acids is 1. The minimum Gasteiger partial charge on any atom is -0.480 e. The van der Waals surface area contributed by atoms with Crippen molar-refractivity contribution in [2.75, 3.05) is 0 Å². The number of aliphatic carboxylic acids is 1. The van der Waals surface area contributed by atoms with E-state index in [9.17, 15) is 14.5 Å². The predicted molar refractivity (Wildman–Crippen MR) is 43.6 cm³/mol. The van der Waals surface area contributed by atoms with E-state index >= 15 is 0 Å². The van der Waals surface area contributed by atoms with Gasteiger partial charge in [0.25, 0.3) is 0 Å². The molecular formula is C6H11N3O4. The highest BCUT2D eigenvalue weighted by Gasteiger charge is 2.18. The maximum absolute atomic E-state index is 11.0. The molecule has 0 radical (unpaired) electrons. The molecule has 3 N–H and O–H groups in total. The molecule has 0 aliphatic carbocycles. The number of hydrogen-bond donors (Lipinski definition) is 3. The normalized spacial score (nSPS) is 14.0. The Labute approximate surface area is 74.4 Å². The highest BCUT2D eigenvalue weighted by Crippen LogP contribution is 1.86. The van der Waals surface area contributed by atoms with Gasteiger partial charge in [-0.2, -0.15) is 0 Å². The second-order valence-corrected chi connectivity index (χ2v) is 2.51. The Morgan fingerprint density at radius 1 is 1.31 bits per heavy atom. The molecule has 0 saturated carbocycles. The van der Waals surface area contributed by atoms with Gasteiger partial charge in [0.15, 0.2) is 0 Å². The largest absolute Gasteiger partial charge is 0.480 e. The molecule has 0 saturated heterocycles. The first-order valence-corrected chi connectivity index (χ1v) is 3.60. The summed E-state index contributed by atoms with van der Waals surface area (Å²) in [6.07, 6.45) is 0. The van der Waals surface area contributed by atoms with Crippen molar-refractivity contribution < 1.29 is 14.7 Å². The Morgan fingerprint density at radius 3 is 2.23 bits per heavy atom. The molecule has 0 heterocycles. The van der Waals surface area contributed by atoms with Gasteiger partial charge in [-0.25, -0.2) is 0 Å². The average Bonchev–Trinajstić information content (AvgIpc) is 2.04. The minimum absolute atomic E-state index is 0.588. The number of carbonyl (C=O) groups excluding carboxylic acids is 1. The van der Waals surface area contributed by atoms with Crippen LogP contribution in [0, 0.1) is 4.91 Å². The van der Waals surface area contributed by atoms with E-state index in [1.54, 1.807) is 0 Å². The third kappa shape index (κ3) is 4.04. The van der Waals surface area contributed by atoms with Gasteiger partial charge in [-0.1, -0.05) is 0 Å². The number of amides is 1. The van der Waals surface area contributed by atoms with Gasteiger partial charge in [-0.15, -0.1) is 4.91 Å². The van der Waals surface area contributed by atoms with Gasteiger partial charge in [-0.3, -0.25) is 15.0 Å². The van der Waals surface area contributed by atoms with Crippen molar-refractivity contribution in [1.82, 2.24) is 10.7 Å². The van der Waals surface area contributed by atoms with Crippen LogP contribution in [-0.2, 0) is 9.59 Å². The zero-order chi connectivity index (χ0) is 10.4. The lowest BCUT2D eigenvalue weighted by molar-refractivity contribution is -0.141. The fourth-order valence-corrected chi connectivity index (χ4v) is 0.538. The Kier molecular flexibility index (Phi) is 4.42. The molecule has 13 heavy (non-hydrogen) atoms. The van der Waals surface area contributed by atoms with Gasteiger partial charge in [0, 0.05) is 0 Å². The molecule has 74 valence electrons. The van der Waals surface area contributed by atoms with Crippen molar-refractivity contribution in [3.05, 3.63) is 4.91 Å². The first kappa shape index (κ1) is 11.3. The van der Waals surface area contributed by atoms with Crippen LogP contribution in [-0.4, -0.2) is 29.1 Å². The summed E-state index contributed by atoms with van der Waals surface area (Å²) in [6.45, 7) is 2.71. The lowest BCUT2D eigenvalue weighted by Crippen LogP contribution is -2.46. The molecule has 0 aromatic carbocycles. The Morgan fingerprint density at radius 2 is 1.85 bits per heavy atom. The first-order valence-electron chi connectivity index (χ1n) is 3.60. The molecule has 0 aliphatic rings. The second-order valence-electron chi connectivity index (χ2n) is 2.51. The van der Waals surface area contributed by atoms with Gasteiger partial charge in [0.2, 0.25) is 5.91 Å². The molecule has 2 atom stereocenters. The molecule has 0 fully saturated rings. The van der Waals surface area contributed by atoms with Crippen LogP contribution in [0.5, 0.6) is 0 Å². The van der Waals surface area contributed by atoms with Gasteiger partial charge >= 0.3 is 5.97 Å². The van der Waals surface area contributed by atoms with Crippen LogP contribution in [0.3, 0.4) is 0 Å². The highest BCUT2D eigenvalue weighted by molar-refractivity contribution is 5.86. The molecule has 7 nitrogen and oxygen atoms in total. The van der Waals surface area contributed by atoms with E-state index < -0.39 is 24.0 Å². The summed E-state index contributed by atoms with van der Waals surface area (Å²) in [4.78, 5) is 31.0. The van der Waals surface area contributed by atoms with Crippen molar-refractivity contribution in [3.8, 4) is 0 Å². The average molecular weight is 189 g/mol. The smallest absolute Gasteiger partial charge is 0.325 e. The standard InChI is InChI=1S/C6H11N3O4/c1-3(8-9-13)5(10)7-4(2)6(11)12/h3-4H,1-2H3,(H,7,10)(H,8,13)(H,11,12). The SMILES string of the molecule is CC(NC(=O)C(C)NN=O)C(=O)O.